The van der Waals surface area contributed by atoms with Crippen LogP contribution in [-0.4, -0.2) is 26.0 Å². The average Bonchev–Trinajstić information content (AvgIpc) is 2.76. The Kier molecular flexibility index (Phi) is 5.15. The molecule has 2 heterocycles. The third-order valence-corrected chi connectivity index (χ3v) is 3.78. The van der Waals surface area contributed by atoms with Crippen LogP contribution in [0.3, 0.4) is 0 Å². The number of rotatable bonds is 6. The molecule has 0 aliphatic rings. The summed E-state index contributed by atoms with van der Waals surface area (Å²) in [5, 5.41) is 15.4. The molecule has 1 unspecified atom stereocenters. The van der Waals surface area contributed by atoms with Crippen molar-refractivity contribution < 1.29 is 5.11 Å². The SMILES string of the molecule is CCc1nn(CC)c(CC(O)Cc2ccncc2)c1Cl. The van der Waals surface area contributed by atoms with Crippen LogP contribution in [0.4, 0.5) is 0 Å². The Balaban J connectivity index is 2.11. The van der Waals surface area contributed by atoms with E-state index in [4.69, 9.17) is 11.6 Å². The number of halogens is 1. The van der Waals surface area contributed by atoms with Crippen LogP contribution in [0.2, 0.25) is 5.02 Å². The van der Waals surface area contributed by atoms with Crippen LogP contribution in [0, 0.1) is 0 Å². The second kappa shape index (κ2) is 6.86. The molecule has 0 radical (unpaired) electrons. The Morgan fingerprint density at radius 3 is 2.55 bits per heavy atom. The molecule has 0 fully saturated rings. The van der Waals surface area contributed by atoms with Crippen molar-refractivity contribution >= 4 is 11.6 Å². The highest BCUT2D eigenvalue weighted by atomic mass is 35.5. The van der Waals surface area contributed by atoms with E-state index in [9.17, 15) is 5.11 Å². The largest absolute Gasteiger partial charge is 0.392 e. The maximum Gasteiger partial charge on any atom is 0.0850 e. The van der Waals surface area contributed by atoms with Gasteiger partial charge in [-0.2, -0.15) is 5.10 Å². The summed E-state index contributed by atoms with van der Waals surface area (Å²) in [6, 6.07) is 3.83. The van der Waals surface area contributed by atoms with Crippen molar-refractivity contribution in [1.82, 2.24) is 14.8 Å². The summed E-state index contributed by atoms with van der Waals surface area (Å²) >= 11 is 6.35. The molecule has 0 bridgehead atoms. The summed E-state index contributed by atoms with van der Waals surface area (Å²) in [7, 11) is 0. The molecule has 1 N–H and O–H groups in total. The van der Waals surface area contributed by atoms with E-state index in [0.29, 0.717) is 17.9 Å². The second-order valence-electron chi connectivity index (χ2n) is 4.79. The zero-order valence-electron chi connectivity index (χ0n) is 11.9. The number of aromatic nitrogens is 3. The summed E-state index contributed by atoms with van der Waals surface area (Å²) in [6.07, 6.45) is 4.92. The van der Waals surface area contributed by atoms with Gasteiger partial charge >= 0.3 is 0 Å². The molecular formula is C15H20ClN3O. The fourth-order valence-electron chi connectivity index (χ4n) is 2.30. The van der Waals surface area contributed by atoms with E-state index < -0.39 is 6.10 Å². The first-order valence-electron chi connectivity index (χ1n) is 6.96. The van der Waals surface area contributed by atoms with Crippen molar-refractivity contribution in [2.24, 2.45) is 0 Å². The Morgan fingerprint density at radius 1 is 1.25 bits per heavy atom. The Morgan fingerprint density at radius 2 is 1.95 bits per heavy atom. The minimum atomic E-state index is -0.471. The normalized spacial score (nSPS) is 12.6. The van der Waals surface area contributed by atoms with Gasteiger partial charge < -0.3 is 5.11 Å². The van der Waals surface area contributed by atoms with Crippen LogP contribution in [0.1, 0.15) is 30.8 Å². The highest BCUT2D eigenvalue weighted by Gasteiger charge is 2.17. The van der Waals surface area contributed by atoms with Crippen LogP contribution < -0.4 is 0 Å². The third-order valence-electron chi connectivity index (χ3n) is 3.34. The molecule has 0 aliphatic heterocycles. The predicted molar refractivity (Wildman–Crippen MR) is 79.9 cm³/mol. The second-order valence-corrected chi connectivity index (χ2v) is 5.17. The highest BCUT2D eigenvalue weighted by molar-refractivity contribution is 6.31. The van der Waals surface area contributed by atoms with E-state index in [1.54, 1.807) is 12.4 Å². The monoisotopic (exact) mass is 293 g/mol. The van der Waals surface area contributed by atoms with Crippen molar-refractivity contribution in [3.8, 4) is 0 Å². The highest BCUT2D eigenvalue weighted by Crippen LogP contribution is 2.23. The van der Waals surface area contributed by atoms with Crippen LogP contribution >= 0.6 is 11.6 Å². The first-order chi connectivity index (χ1) is 9.65. The quantitative estimate of drug-likeness (QED) is 0.891. The van der Waals surface area contributed by atoms with Crippen molar-refractivity contribution in [1.29, 1.82) is 0 Å². The lowest BCUT2D eigenvalue weighted by atomic mass is 10.0. The van der Waals surface area contributed by atoms with Gasteiger partial charge in [-0.05, 0) is 37.5 Å². The number of hydrogen-bond donors (Lipinski definition) is 1. The summed E-state index contributed by atoms with van der Waals surface area (Å²) in [5.74, 6) is 0. The number of pyridine rings is 1. The van der Waals surface area contributed by atoms with E-state index in [1.165, 1.54) is 0 Å². The van der Waals surface area contributed by atoms with Crippen LogP contribution in [0.25, 0.3) is 0 Å². The van der Waals surface area contributed by atoms with E-state index in [2.05, 4.69) is 10.1 Å². The topological polar surface area (TPSA) is 50.9 Å². The van der Waals surface area contributed by atoms with Gasteiger partial charge in [0.25, 0.3) is 0 Å². The third kappa shape index (κ3) is 3.38. The van der Waals surface area contributed by atoms with Gasteiger partial charge in [-0.1, -0.05) is 18.5 Å². The molecular weight excluding hydrogens is 274 g/mol. The molecule has 4 nitrogen and oxygen atoms in total. The van der Waals surface area contributed by atoms with Crippen molar-refractivity contribution in [3.63, 3.8) is 0 Å². The van der Waals surface area contributed by atoms with Gasteiger partial charge in [0.15, 0.2) is 0 Å². The molecule has 1 atom stereocenters. The number of hydrogen-bond acceptors (Lipinski definition) is 3. The first-order valence-corrected chi connectivity index (χ1v) is 7.34. The standard InChI is InChI=1S/C15H20ClN3O/c1-3-13-15(16)14(19(4-2)18-13)10-12(20)9-11-5-7-17-8-6-11/h5-8,12,20H,3-4,9-10H2,1-2H3. The summed E-state index contributed by atoms with van der Waals surface area (Å²) < 4.78 is 1.89. The minimum absolute atomic E-state index is 0.471. The molecule has 2 aromatic rings. The van der Waals surface area contributed by atoms with Crippen LogP contribution in [-0.2, 0) is 25.8 Å². The molecule has 2 aromatic heterocycles. The maximum absolute atomic E-state index is 10.3. The average molecular weight is 294 g/mol. The molecule has 108 valence electrons. The number of aryl methyl sites for hydroxylation is 2. The lowest BCUT2D eigenvalue weighted by Gasteiger charge is -2.12. The van der Waals surface area contributed by atoms with E-state index >= 15 is 0 Å². The Hall–Kier alpha value is -1.39. The molecule has 0 saturated heterocycles. The number of nitrogens with zero attached hydrogens (tertiary/aromatic N) is 3. The van der Waals surface area contributed by atoms with Gasteiger partial charge in [0.1, 0.15) is 0 Å². The molecule has 0 spiro atoms. The van der Waals surface area contributed by atoms with Gasteiger partial charge in [-0.25, -0.2) is 0 Å². The zero-order valence-corrected chi connectivity index (χ0v) is 12.6. The molecule has 0 aromatic carbocycles. The molecule has 0 aliphatic carbocycles. The van der Waals surface area contributed by atoms with Gasteiger partial charge in [-0.3, -0.25) is 9.67 Å². The lowest BCUT2D eigenvalue weighted by molar-refractivity contribution is 0.172. The minimum Gasteiger partial charge on any atom is -0.392 e. The molecule has 20 heavy (non-hydrogen) atoms. The summed E-state index contributed by atoms with van der Waals surface area (Å²) in [5.41, 5.74) is 2.90. The van der Waals surface area contributed by atoms with Gasteiger partial charge in [0, 0.05) is 25.4 Å². The van der Waals surface area contributed by atoms with Gasteiger partial charge in [-0.15, -0.1) is 0 Å². The molecule has 0 saturated carbocycles. The van der Waals surface area contributed by atoms with Crippen LogP contribution in [0.5, 0.6) is 0 Å². The molecule has 2 rings (SSSR count). The Labute approximate surface area is 124 Å². The lowest BCUT2D eigenvalue weighted by Crippen LogP contribution is -2.17. The van der Waals surface area contributed by atoms with Gasteiger partial charge in [0.2, 0.25) is 0 Å². The van der Waals surface area contributed by atoms with Crippen LogP contribution in [0.15, 0.2) is 24.5 Å². The fraction of sp³-hybridized carbons (Fsp3) is 0.467. The van der Waals surface area contributed by atoms with E-state index in [1.807, 2.05) is 30.7 Å². The summed E-state index contributed by atoms with van der Waals surface area (Å²) in [4.78, 5) is 3.98. The predicted octanol–water partition coefficient (Wildman–Crippen LogP) is 2.66. The van der Waals surface area contributed by atoms with Crippen molar-refractivity contribution in [3.05, 3.63) is 46.5 Å². The van der Waals surface area contributed by atoms with Crippen molar-refractivity contribution in [2.45, 2.75) is 45.8 Å². The van der Waals surface area contributed by atoms with E-state index in [0.717, 1.165) is 29.9 Å². The maximum atomic E-state index is 10.3. The number of aliphatic hydroxyl groups is 1. The smallest absolute Gasteiger partial charge is 0.0850 e. The Bertz CT molecular complexity index is 554. The number of aliphatic hydroxyl groups excluding tert-OH is 1. The zero-order chi connectivity index (χ0) is 14.5. The van der Waals surface area contributed by atoms with Gasteiger partial charge in [0.05, 0.1) is 22.5 Å². The fourth-order valence-corrected chi connectivity index (χ4v) is 2.64. The first kappa shape index (κ1) is 15.0. The molecule has 5 heteroatoms. The van der Waals surface area contributed by atoms with E-state index in [-0.39, 0.29) is 0 Å². The summed E-state index contributed by atoms with van der Waals surface area (Å²) in [6.45, 7) is 4.82. The van der Waals surface area contributed by atoms with Crippen molar-refractivity contribution in [2.75, 3.05) is 0 Å². The molecule has 0 amide bonds.